The van der Waals surface area contributed by atoms with Gasteiger partial charge in [0.2, 0.25) is 5.88 Å². The highest BCUT2D eigenvalue weighted by molar-refractivity contribution is 5.95. The zero-order chi connectivity index (χ0) is 26.4. The fourth-order valence-electron chi connectivity index (χ4n) is 4.05. The largest absolute Gasteiger partial charge is 0.493 e. The van der Waals surface area contributed by atoms with Gasteiger partial charge in [0.25, 0.3) is 0 Å². The fourth-order valence-corrected chi connectivity index (χ4v) is 4.05. The van der Waals surface area contributed by atoms with Crippen molar-refractivity contribution in [2.45, 2.75) is 46.1 Å². The van der Waals surface area contributed by atoms with E-state index in [9.17, 15) is 9.90 Å². The maximum atomic E-state index is 12.4. The first-order chi connectivity index (χ1) is 17.7. The van der Waals surface area contributed by atoms with Crippen LogP contribution in [0.4, 0.5) is 5.69 Å². The van der Waals surface area contributed by atoms with Crippen LogP contribution in [0.1, 0.15) is 38.3 Å². The van der Waals surface area contributed by atoms with Crippen LogP contribution in [0, 0.1) is 6.92 Å². The molecule has 0 saturated carbocycles. The topological polar surface area (TPSA) is 85.4 Å². The average Bonchev–Trinajstić information content (AvgIpc) is 3.15. The number of hydrogen-bond acceptors (Lipinski definition) is 5. The number of rotatable bonds is 9. The Morgan fingerprint density at radius 1 is 0.946 bits per heavy atom. The van der Waals surface area contributed by atoms with Gasteiger partial charge in [-0.1, -0.05) is 69.3 Å². The first-order valence-electron chi connectivity index (χ1n) is 12.4. The van der Waals surface area contributed by atoms with Crippen molar-refractivity contribution < 1.29 is 19.4 Å². The number of para-hydroxylation sites is 2. The van der Waals surface area contributed by atoms with E-state index in [0.717, 1.165) is 22.2 Å². The molecule has 0 aliphatic heterocycles. The van der Waals surface area contributed by atoms with E-state index in [4.69, 9.17) is 9.47 Å². The number of carbonyl (C=O) groups is 1. The Hall–Kier alpha value is -4.13. The van der Waals surface area contributed by atoms with E-state index in [1.807, 2.05) is 79.7 Å². The number of ether oxygens (including phenoxy) is 2. The Labute approximate surface area is 217 Å². The van der Waals surface area contributed by atoms with Crippen LogP contribution in [0.25, 0.3) is 10.9 Å². The molecule has 7 nitrogen and oxygen atoms in total. The summed E-state index contributed by atoms with van der Waals surface area (Å²) in [4.78, 5) is 12.4. The van der Waals surface area contributed by atoms with Gasteiger partial charge < -0.3 is 19.1 Å². The van der Waals surface area contributed by atoms with Crippen molar-refractivity contribution in [1.82, 2.24) is 4.57 Å². The summed E-state index contributed by atoms with van der Waals surface area (Å²) in [6, 6.07) is 23.0. The molecule has 4 aromatic rings. The SMILES string of the molecule is Cc1ccccc1OCCCn1c(O)c(N=NC(=O)COc2ccc(C(C)(C)C)cc2)c2ccccc21. The van der Waals surface area contributed by atoms with Crippen molar-refractivity contribution in [1.29, 1.82) is 0 Å². The first-order valence-corrected chi connectivity index (χ1v) is 12.4. The number of azo groups is 1. The average molecular weight is 500 g/mol. The molecule has 4 rings (SSSR count). The molecule has 192 valence electrons. The molecule has 1 heterocycles. The Morgan fingerprint density at radius 2 is 1.65 bits per heavy atom. The molecule has 0 fully saturated rings. The third-order valence-corrected chi connectivity index (χ3v) is 6.14. The Bertz CT molecular complexity index is 1400. The maximum absolute atomic E-state index is 12.4. The van der Waals surface area contributed by atoms with Gasteiger partial charge >= 0.3 is 5.91 Å². The van der Waals surface area contributed by atoms with Crippen LogP contribution in [0.15, 0.2) is 83.0 Å². The molecular formula is C30H33N3O4. The highest BCUT2D eigenvalue weighted by Crippen LogP contribution is 2.39. The van der Waals surface area contributed by atoms with Crippen LogP contribution in [0.2, 0.25) is 0 Å². The second-order valence-electron chi connectivity index (χ2n) is 9.97. The predicted octanol–water partition coefficient (Wildman–Crippen LogP) is 7.11. The summed E-state index contributed by atoms with van der Waals surface area (Å²) in [6.07, 6.45) is 0.678. The summed E-state index contributed by atoms with van der Waals surface area (Å²) in [5, 5.41) is 19.5. The minimum Gasteiger partial charge on any atom is -0.493 e. The van der Waals surface area contributed by atoms with Gasteiger partial charge in [-0.2, -0.15) is 0 Å². The van der Waals surface area contributed by atoms with Crippen LogP contribution in [-0.4, -0.2) is 28.8 Å². The Balaban J connectivity index is 1.40. The summed E-state index contributed by atoms with van der Waals surface area (Å²) in [7, 11) is 0. The number of carbonyl (C=O) groups excluding carboxylic acids is 1. The third kappa shape index (κ3) is 6.36. The van der Waals surface area contributed by atoms with Crippen molar-refractivity contribution in [3.05, 3.63) is 83.9 Å². The van der Waals surface area contributed by atoms with Crippen molar-refractivity contribution in [3.63, 3.8) is 0 Å². The first kappa shape index (κ1) is 25.9. The molecular weight excluding hydrogens is 466 g/mol. The Morgan fingerprint density at radius 3 is 2.38 bits per heavy atom. The lowest BCUT2D eigenvalue weighted by Crippen LogP contribution is -2.11. The van der Waals surface area contributed by atoms with E-state index < -0.39 is 5.91 Å². The highest BCUT2D eigenvalue weighted by atomic mass is 16.5. The lowest BCUT2D eigenvalue weighted by molar-refractivity contribution is -0.120. The summed E-state index contributed by atoms with van der Waals surface area (Å²) in [5.41, 5.74) is 3.37. The van der Waals surface area contributed by atoms with E-state index in [2.05, 4.69) is 31.0 Å². The second-order valence-corrected chi connectivity index (χ2v) is 9.97. The molecule has 0 bridgehead atoms. The van der Waals surface area contributed by atoms with Gasteiger partial charge in [-0.25, -0.2) is 0 Å². The van der Waals surface area contributed by atoms with Gasteiger partial charge in [-0.05, 0) is 54.2 Å². The van der Waals surface area contributed by atoms with E-state index in [1.54, 1.807) is 4.57 Å². The van der Waals surface area contributed by atoms with Gasteiger partial charge in [0, 0.05) is 11.9 Å². The molecule has 1 N–H and O–H groups in total. The zero-order valence-electron chi connectivity index (χ0n) is 21.8. The Kier molecular flexibility index (Phi) is 7.92. The van der Waals surface area contributed by atoms with Crippen molar-refractivity contribution in [2.24, 2.45) is 10.2 Å². The molecule has 0 unspecified atom stereocenters. The summed E-state index contributed by atoms with van der Waals surface area (Å²) >= 11 is 0. The summed E-state index contributed by atoms with van der Waals surface area (Å²) < 4.78 is 13.2. The lowest BCUT2D eigenvalue weighted by atomic mass is 9.87. The van der Waals surface area contributed by atoms with Crippen LogP contribution in [0.5, 0.6) is 17.4 Å². The molecule has 37 heavy (non-hydrogen) atoms. The molecule has 1 aromatic heterocycles. The summed E-state index contributed by atoms with van der Waals surface area (Å²) in [5.74, 6) is 0.864. The molecule has 0 atom stereocenters. The number of fused-ring (bicyclic) bond motifs is 1. The molecule has 0 spiro atoms. The molecule has 1 amide bonds. The van der Waals surface area contributed by atoms with Crippen molar-refractivity contribution in [2.75, 3.05) is 13.2 Å². The van der Waals surface area contributed by atoms with E-state index >= 15 is 0 Å². The second kappa shape index (κ2) is 11.3. The number of aryl methyl sites for hydroxylation is 2. The number of nitrogens with zero attached hydrogens (tertiary/aromatic N) is 3. The molecule has 7 heteroatoms. The number of hydrogen-bond donors (Lipinski definition) is 1. The van der Waals surface area contributed by atoms with E-state index in [-0.39, 0.29) is 23.6 Å². The van der Waals surface area contributed by atoms with Crippen molar-refractivity contribution in [3.8, 4) is 17.4 Å². The van der Waals surface area contributed by atoms with Crippen LogP contribution in [0.3, 0.4) is 0 Å². The predicted molar refractivity (Wildman–Crippen MR) is 145 cm³/mol. The quantitative estimate of drug-likeness (QED) is 0.196. The number of aromatic nitrogens is 1. The van der Waals surface area contributed by atoms with Crippen molar-refractivity contribution >= 4 is 22.5 Å². The van der Waals surface area contributed by atoms with Gasteiger partial charge in [0.15, 0.2) is 12.3 Å². The van der Waals surface area contributed by atoms with E-state index in [1.165, 1.54) is 5.56 Å². The molecule has 0 saturated heterocycles. The zero-order valence-corrected chi connectivity index (χ0v) is 21.8. The normalized spacial score (nSPS) is 11.8. The lowest BCUT2D eigenvalue weighted by Gasteiger charge is -2.19. The van der Waals surface area contributed by atoms with Crippen LogP contribution in [-0.2, 0) is 16.8 Å². The highest BCUT2D eigenvalue weighted by Gasteiger charge is 2.17. The van der Waals surface area contributed by atoms with Gasteiger partial charge in [-0.3, -0.25) is 4.79 Å². The number of benzene rings is 3. The molecule has 0 aliphatic rings. The maximum Gasteiger partial charge on any atom is 0.302 e. The summed E-state index contributed by atoms with van der Waals surface area (Å²) in [6.45, 7) is 9.20. The fraction of sp³-hybridized carbons (Fsp3) is 0.300. The smallest absolute Gasteiger partial charge is 0.302 e. The molecule has 3 aromatic carbocycles. The number of amides is 1. The van der Waals surface area contributed by atoms with Gasteiger partial charge in [0.05, 0.1) is 12.1 Å². The van der Waals surface area contributed by atoms with Gasteiger partial charge in [0.1, 0.15) is 11.5 Å². The third-order valence-electron chi connectivity index (χ3n) is 6.14. The molecule has 0 radical (unpaired) electrons. The van der Waals surface area contributed by atoms with E-state index in [0.29, 0.717) is 25.3 Å². The monoisotopic (exact) mass is 499 g/mol. The van der Waals surface area contributed by atoms with Crippen LogP contribution < -0.4 is 9.47 Å². The minimum atomic E-state index is -0.539. The standard InChI is InChI=1S/C30H33N3O4/c1-21-10-5-8-13-26(21)36-19-9-18-33-25-12-7-6-11-24(25)28(29(33)35)32-31-27(34)20-37-23-16-14-22(15-17-23)30(2,3)4/h5-8,10-17,35H,9,18-20H2,1-4H3. The molecule has 0 aliphatic carbocycles. The number of aromatic hydroxyl groups is 1. The van der Waals surface area contributed by atoms with Gasteiger partial charge in [-0.15, -0.1) is 10.2 Å². The van der Waals surface area contributed by atoms with Crippen LogP contribution >= 0.6 is 0 Å². The minimum absolute atomic E-state index is 0.0349.